The van der Waals surface area contributed by atoms with Crippen molar-refractivity contribution in [2.24, 2.45) is 0 Å². The molecule has 0 aliphatic rings. The molecule has 7 heteroatoms. The van der Waals surface area contributed by atoms with Crippen LogP contribution >= 0.6 is 15.9 Å². The molecule has 0 saturated carbocycles. The topological polar surface area (TPSA) is 75.3 Å². The summed E-state index contributed by atoms with van der Waals surface area (Å²) in [6.45, 7) is 1.92. The van der Waals surface area contributed by atoms with Crippen molar-refractivity contribution in [1.29, 1.82) is 0 Å². The van der Waals surface area contributed by atoms with E-state index in [1.165, 1.54) is 6.08 Å². The molecule has 2 aromatic rings. The number of carbonyl (C=O) groups excluding carboxylic acids is 1. The summed E-state index contributed by atoms with van der Waals surface area (Å²) in [7, 11) is -3.58. The Labute approximate surface area is 156 Å². The second kappa shape index (κ2) is 8.94. The lowest BCUT2D eigenvalue weighted by atomic mass is 10.2. The van der Waals surface area contributed by atoms with Crippen molar-refractivity contribution in [2.75, 3.05) is 11.9 Å². The van der Waals surface area contributed by atoms with Crippen molar-refractivity contribution >= 4 is 43.6 Å². The van der Waals surface area contributed by atoms with Gasteiger partial charge in [0.2, 0.25) is 15.9 Å². The van der Waals surface area contributed by atoms with E-state index in [4.69, 9.17) is 0 Å². The summed E-state index contributed by atoms with van der Waals surface area (Å²) >= 11 is 3.36. The third-order valence-corrected chi connectivity index (χ3v) is 4.95. The average Bonchev–Trinajstić information content (AvgIpc) is 2.56. The lowest BCUT2D eigenvalue weighted by molar-refractivity contribution is -0.116. The molecule has 0 unspecified atom stereocenters. The number of benzene rings is 2. The second-order valence-electron chi connectivity index (χ2n) is 5.41. The number of hydrogen-bond acceptors (Lipinski definition) is 3. The number of hydrogen-bond donors (Lipinski definition) is 2. The van der Waals surface area contributed by atoms with E-state index in [1.54, 1.807) is 18.2 Å². The zero-order valence-corrected chi connectivity index (χ0v) is 16.1. The van der Waals surface area contributed by atoms with Gasteiger partial charge in [-0.2, -0.15) is 0 Å². The zero-order chi connectivity index (χ0) is 18.3. The molecular weight excluding hydrogens is 404 g/mol. The number of aryl methyl sites for hydroxylation is 1. The van der Waals surface area contributed by atoms with Crippen LogP contribution < -0.4 is 10.0 Å². The second-order valence-corrected chi connectivity index (χ2v) is 7.98. The predicted octanol–water partition coefficient (Wildman–Crippen LogP) is 3.68. The van der Waals surface area contributed by atoms with Crippen LogP contribution in [0.25, 0.3) is 6.08 Å². The van der Waals surface area contributed by atoms with E-state index in [0.717, 1.165) is 21.0 Å². The smallest absolute Gasteiger partial charge is 0.233 e. The third kappa shape index (κ3) is 6.81. The molecule has 25 heavy (non-hydrogen) atoms. The maximum absolute atomic E-state index is 11.9. The highest BCUT2D eigenvalue weighted by molar-refractivity contribution is 9.10. The van der Waals surface area contributed by atoms with Gasteiger partial charge in [0.1, 0.15) is 0 Å². The lowest BCUT2D eigenvalue weighted by Crippen LogP contribution is -2.26. The molecule has 1 amide bonds. The van der Waals surface area contributed by atoms with E-state index in [-0.39, 0.29) is 18.9 Å². The van der Waals surface area contributed by atoms with Crippen LogP contribution in [0, 0.1) is 6.92 Å². The Morgan fingerprint density at radius 2 is 1.88 bits per heavy atom. The summed E-state index contributed by atoms with van der Waals surface area (Å²) in [4.78, 5) is 11.9. The fraction of sp³-hybridized carbons (Fsp3) is 0.167. The highest BCUT2D eigenvalue weighted by Gasteiger charge is 2.08. The minimum Gasteiger partial charge on any atom is -0.326 e. The van der Waals surface area contributed by atoms with Crippen LogP contribution in [0.3, 0.4) is 0 Å². The van der Waals surface area contributed by atoms with Crippen molar-refractivity contribution in [3.8, 4) is 0 Å². The van der Waals surface area contributed by atoms with E-state index in [2.05, 4.69) is 26.0 Å². The van der Waals surface area contributed by atoms with Crippen LogP contribution in [0.15, 0.2) is 58.4 Å². The van der Waals surface area contributed by atoms with Crippen molar-refractivity contribution in [2.45, 2.75) is 13.3 Å². The minimum absolute atomic E-state index is 0.0306. The molecular formula is C18H19BrN2O3S. The first-order valence-electron chi connectivity index (χ1n) is 7.64. The molecule has 0 aliphatic carbocycles. The normalized spacial score (nSPS) is 11.6. The van der Waals surface area contributed by atoms with Crippen LogP contribution in [-0.4, -0.2) is 20.9 Å². The van der Waals surface area contributed by atoms with Crippen LogP contribution in [0.5, 0.6) is 0 Å². The highest BCUT2D eigenvalue weighted by atomic mass is 79.9. The maximum Gasteiger partial charge on any atom is 0.233 e. The molecule has 0 atom stereocenters. The Morgan fingerprint density at radius 3 is 2.56 bits per heavy atom. The molecule has 5 nitrogen and oxygen atoms in total. The number of carbonyl (C=O) groups is 1. The Bertz CT molecular complexity index is 865. The van der Waals surface area contributed by atoms with Gasteiger partial charge in [-0.25, -0.2) is 13.1 Å². The molecule has 0 aliphatic heterocycles. The number of anilines is 1. The molecule has 0 fully saturated rings. The summed E-state index contributed by atoms with van der Waals surface area (Å²) in [5.41, 5.74) is 2.42. The summed E-state index contributed by atoms with van der Waals surface area (Å²) in [6.07, 6.45) is 1.56. The van der Waals surface area contributed by atoms with E-state index < -0.39 is 10.0 Å². The molecule has 132 valence electrons. The Hall–Kier alpha value is -1.96. The summed E-state index contributed by atoms with van der Waals surface area (Å²) < 4.78 is 27.1. The van der Waals surface area contributed by atoms with Crippen molar-refractivity contribution in [3.63, 3.8) is 0 Å². The fourth-order valence-electron chi connectivity index (χ4n) is 2.07. The number of rotatable bonds is 7. The predicted molar refractivity (Wildman–Crippen MR) is 105 cm³/mol. The van der Waals surface area contributed by atoms with E-state index in [9.17, 15) is 13.2 Å². The van der Waals surface area contributed by atoms with Gasteiger partial charge in [-0.1, -0.05) is 46.3 Å². The van der Waals surface area contributed by atoms with Crippen LogP contribution in [0.4, 0.5) is 5.69 Å². The quantitative estimate of drug-likeness (QED) is 0.714. The molecule has 2 N–H and O–H groups in total. The van der Waals surface area contributed by atoms with Crippen molar-refractivity contribution in [1.82, 2.24) is 4.72 Å². The zero-order valence-electron chi connectivity index (χ0n) is 13.7. The van der Waals surface area contributed by atoms with Gasteiger partial charge >= 0.3 is 0 Å². The summed E-state index contributed by atoms with van der Waals surface area (Å²) in [5.74, 6) is -0.250. The number of amides is 1. The number of nitrogens with one attached hydrogen (secondary N) is 2. The number of halogens is 1. The molecule has 0 heterocycles. The third-order valence-electron chi connectivity index (χ3n) is 3.36. The Kier molecular flexibility index (Phi) is 6.92. The first-order chi connectivity index (χ1) is 11.9. The van der Waals surface area contributed by atoms with Gasteiger partial charge in [0.15, 0.2) is 0 Å². The van der Waals surface area contributed by atoms with E-state index in [0.29, 0.717) is 5.69 Å². The van der Waals surface area contributed by atoms with Crippen LogP contribution in [0.1, 0.15) is 17.5 Å². The molecule has 0 aromatic heterocycles. The minimum atomic E-state index is -3.58. The maximum atomic E-state index is 11.9. The molecule has 0 radical (unpaired) electrons. The van der Waals surface area contributed by atoms with Crippen molar-refractivity contribution in [3.05, 3.63) is 69.5 Å². The monoisotopic (exact) mass is 422 g/mol. The first-order valence-corrected chi connectivity index (χ1v) is 9.98. The van der Waals surface area contributed by atoms with Gasteiger partial charge in [0.25, 0.3) is 0 Å². The van der Waals surface area contributed by atoms with Crippen molar-refractivity contribution < 1.29 is 13.2 Å². The Balaban J connectivity index is 1.82. The average molecular weight is 423 g/mol. The van der Waals surface area contributed by atoms with Crippen LogP contribution in [0.2, 0.25) is 0 Å². The molecule has 0 spiro atoms. The van der Waals surface area contributed by atoms with Crippen LogP contribution in [-0.2, 0) is 14.8 Å². The first kappa shape index (κ1) is 19.4. The lowest BCUT2D eigenvalue weighted by Gasteiger charge is -2.09. The number of sulfonamides is 1. The molecule has 2 rings (SSSR count). The standard InChI is InChI=1S/C18H19BrN2O3S/c1-14-13-16(19)7-8-17(14)21-18(22)9-11-20-25(23,24)12-10-15-5-3-2-4-6-15/h2-8,10,12-13,20H,9,11H2,1H3,(H,21,22). The SMILES string of the molecule is Cc1cc(Br)ccc1NC(=O)CCNS(=O)(=O)C=Cc1ccccc1. The van der Waals surface area contributed by atoms with Gasteiger partial charge in [-0.15, -0.1) is 0 Å². The van der Waals surface area contributed by atoms with Gasteiger partial charge in [0.05, 0.1) is 0 Å². The molecule has 0 saturated heterocycles. The Morgan fingerprint density at radius 1 is 1.16 bits per heavy atom. The molecule has 0 bridgehead atoms. The van der Waals surface area contributed by atoms with Gasteiger partial charge in [-0.05, 0) is 42.3 Å². The highest BCUT2D eigenvalue weighted by Crippen LogP contribution is 2.20. The van der Waals surface area contributed by atoms with Gasteiger partial charge in [0, 0.05) is 28.5 Å². The largest absolute Gasteiger partial charge is 0.326 e. The fourth-order valence-corrected chi connectivity index (χ4v) is 3.36. The molecule has 2 aromatic carbocycles. The van der Waals surface area contributed by atoms with Gasteiger partial charge in [-0.3, -0.25) is 4.79 Å². The summed E-state index contributed by atoms with van der Waals surface area (Å²) in [5, 5.41) is 3.87. The van der Waals surface area contributed by atoms with Gasteiger partial charge < -0.3 is 5.32 Å². The van der Waals surface area contributed by atoms with E-state index >= 15 is 0 Å². The van der Waals surface area contributed by atoms with E-state index in [1.807, 2.05) is 37.3 Å². The summed E-state index contributed by atoms with van der Waals surface area (Å²) in [6, 6.07) is 14.6.